The van der Waals surface area contributed by atoms with Crippen LogP contribution in [0.4, 0.5) is 10.5 Å². The number of benzene rings is 1. The lowest BCUT2D eigenvalue weighted by atomic mass is 10.2. The normalized spacial score (nSPS) is 12.8. The monoisotopic (exact) mass is 314 g/mol. The van der Waals surface area contributed by atoms with Gasteiger partial charge in [0.15, 0.2) is 0 Å². The van der Waals surface area contributed by atoms with Gasteiger partial charge in [-0.25, -0.2) is 17.5 Å². The quantitative estimate of drug-likeness (QED) is 0.704. The van der Waals surface area contributed by atoms with E-state index in [1.165, 1.54) is 39.2 Å². The fourth-order valence-electron chi connectivity index (χ4n) is 1.47. The number of carbonyl (C=O) groups excluding carboxylic acids is 2. The fraction of sp³-hybridized carbons (Fsp3) is 0.333. The summed E-state index contributed by atoms with van der Waals surface area (Å²) in [5.41, 5.74) is 5.23. The zero-order valence-corrected chi connectivity index (χ0v) is 12.8. The van der Waals surface area contributed by atoms with Crippen molar-refractivity contribution in [1.29, 1.82) is 0 Å². The standard InChI is InChI=1S/C12H18N4O4S/c1-8(14-12(13)18)11(17)15-9-5-4-6-10(7-9)21(19,20)16(2)3/h4-8H,1-3H3,(H,15,17)(H3,13,14,18)/t8-/m0/s1. The van der Waals surface area contributed by atoms with Crippen LogP contribution in [0.3, 0.4) is 0 Å². The Morgan fingerprint density at radius 2 is 1.90 bits per heavy atom. The second-order valence-corrected chi connectivity index (χ2v) is 6.69. The number of hydrogen-bond acceptors (Lipinski definition) is 4. The molecule has 3 amide bonds. The van der Waals surface area contributed by atoms with E-state index in [2.05, 4.69) is 10.6 Å². The van der Waals surface area contributed by atoms with E-state index >= 15 is 0 Å². The van der Waals surface area contributed by atoms with Crippen LogP contribution in [-0.4, -0.2) is 44.8 Å². The van der Waals surface area contributed by atoms with E-state index in [9.17, 15) is 18.0 Å². The first-order valence-electron chi connectivity index (χ1n) is 6.04. The molecule has 21 heavy (non-hydrogen) atoms. The number of nitrogens with two attached hydrogens (primary N) is 1. The van der Waals surface area contributed by atoms with Crippen molar-refractivity contribution in [2.24, 2.45) is 5.73 Å². The summed E-state index contributed by atoms with van der Waals surface area (Å²) in [6.45, 7) is 1.46. The van der Waals surface area contributed by atoms with E-state index in [1.54, 1.807) is 6.07 Å². The minimum Gasteiger partial charge on any atom is -0.352 e. The average molecular weight is 314 g/mol. The molecule has 9 heteroatoms. The molecule has 0 spiro atoms. The van der Waals surface area contributed by atoms with E-state index in [0.29, 0.717) is 5.69 Å². The van der Waals surface area contributed by atoms with Crippen molar-refractivity contribution >= 4 is 27.6 Å². The number of amides is 3. The lowest BCUT2D eigenvalue weighted by molar-refractivity contribution is -0.117. The van der Waals surface area contributed by atoms with Gasteiger partial charge in [-0.15, -0.1) is 0 Å². The molecular weight excluding hydrogens is 296 g/mol. The number of nitrogens with zero attached hydrogens (tertiary/aromatic N) is 1. The minimum atomic E-state index is -3.58. The van der Waals surface area contributed by atoms with Gasteiger partial charge in [-0.2, -0.15) is 0 Å². The van der Waals surface area contributed by atoms with Crippen molar-refractivity contribution in [1.82, 2.24) is 9.62 Å². The van der Waals surface area contributed by atoms with Crippen LogP contribution in [0.5, 0.6) is 0 Å². The molecule has 0 bridgehead atoms. The zero-order chi connectivity index (χ0) is 16.2. The minimum absolute atomic E-state index is 0.0563. The number of nitrogens with one attached hydrogen (secondary N) is 2. The van der Waals surface area contributed by atoms with Crippen LogP contribution < -0.4 is 16.4 Å². The van der Waals surface area contributed by atoms with Gasteiger partial charge in [-0.3, -0.25) is 4.79 Å². The number of carbonyl (C=O) groups is 2. The third-order valence-electron chi connectivity index (χ3n) is 2.63. The zero-order valence-electron chi connectivity index (χ0n) is 12.0. The van der Waals surface area contributed by atoms with Crippen LogP contribution in [-0.2, 0) is 14.8 Å². The summed E-state index contributed by atoms with van der Waals surface area (Å²) in [5.74, 6) is -0.506. The maximum Gasteiger partial charge on any atom is 0.312 e. The predicted octanol–water partition coefficient (Wildman–Crippen LogP) is -0.0678. The lowest BCUT2D eigenvalue weighted by Crippen LogP contribution is -2.44. The molecule has 116 valence electrons. The van der Waals surface area contributed by atoms with Gasteiger partial charge in [0.1, 0.15) is 6.04 Å². The molecule has 1 rings (SSSR count). The molecule has 0 heterocycles. The third kappa shape index (κ3) is 4.43. The highest BCUT2D eigenvalue weighted by Crippen LogP contribution is 2.18. The molecule has 0 unspecified atom stereocenters. The van der Waals surface area contributed by atoms with E-state index in [1.807, 2.05) is 0 Å². The Bertz CT molecular complexity index is 642. The lowest BCUT2D eigenvalue weighted by Gasteiger charge is -2.14. The number of anilines is 1. The highest BCUT2D eigenvalue weighted by atomic mass is 32.2. The van der Waals surface area contributed by atoms with Crippen LogP contribution in [0.1, 0.15) is 6.92 Å². The summed E-state index contributed by atoms with van der Waals surface area (Å²) in [6.07, 6.45) is 0. The van der Waals surface area contributed by atoms with Crippen LogP contribution in [0.2, 0.25) is 0 Å². The molecule has 0 radical (unpaired) electrons. The summed E-state index contributed by atoms with van der Waals surface area (Å²) in [5, 5.41) is 4.73. The van der Waals surface area contributed by atoms with Gasteiger partial charge >= 0.3 is 6.03 Å². The number of hydrogen-bond donors (Lipinski definition) is 3. The van der Waals surface area contributed by atoms with Gasteiger partial charge in [0.25, 0.3) is 0 Å². The molecule has 0 aliphatic heterocycles. The molecule has 4 N–H and O–H groups in total. The van der Waals surface area contributed by atoms with Crippen LogP contribution in [0.25, 0.3) is 0 Å². The molecule has 1 aromatic carbocycles. The second kappa shape index (κ2) is 6.55. The summed E-state index contributed by atoms with van der Waals surface area (Å²) >= 11 is 0. The molecule has 0 aliphatic rings. The van der Waals surface area contributed by atoms with Crippen molar-refractivity contribution in [2.45, 2.75) is 17.9 Å². The Balaban J connectivity index is 2.92. The number of sulfonamides is 1. The first kappa shape index (κ1) is 16.9. The Hall–Kier alpha value is -2.13. The highest BCUT2D eigenvalue weighted by Gasteiger charge is 2.19. The fourth-order valence-corrected chi connectivity index (χ4v) is 2.42. The number of urea groups is 1. The van der Waals surface area contributed by atoms with Crippen LogP contribution in [0, 0.1) is 0 Å². The molecule has 0 saturated carbocycles. The maximum absolute atomic E-state index is 12.0. The Labute approximate surface area is 123 Å². The third-order valence-corrected chi connectivity index (χ3v) is 4.44. The molecule has 0 saturated heterocycles. The number of rotatable bonds is 5. The molecule has 8 nitrogen and oxygen atoms in total. The van der Waals surface area contributed by atoms with Gasteiger partial charge in [0, 0.05) is 19.8 Å². The first-order valence-corrected chi connectivity index (χ1v) is 7.48. The van der Waals surface area contributed by atoms with Crippen LogP contribution in [0.15, 0.2) is 29.2 Å². The molecule has 0 aromatic heterocycles. The van der Waals surface area contributed by atoms with Gasteiger partial charge in [0.05, 0.1) is 4.90 Å². The molecule has 1 aromatic rings. The second-order valence-electron chi connectivity index (χ2n) is 4.53. The Morgan fingerprint density at radius 1 is 1.29 bits per heavy atom. The number of primary amides is 1. The predicted molar refractivity (Wildman–Crippen MR) is 78.1 cm³/mol. The van der Waals surface area contributed by atoms with Crippen molar-refractivity contribution in [3.8, 4) is 0 Å². The van der Waals surface area contributed by atoms with E-state index < -0.39 is 28.0 Å². The first-order chi connectivity index (χ1) is 9.64. The summed E-state index contributed by atoms with van der Waals surface area (Å²) < 4.78 is 25.1. The van der Waals surface area contributed by atoms with Gasteiger partial charge in [0.2, 0.25) is 15.9 Å². The Kier molecular flexibility index (Phi) is 5.28. The molecule has 1 atom stereocenters. The van der Waals surface area contributed by atoms with E-state index in [0.717, 1.165) is 4.31 Å². The maximum atomic E-state index is 12.0. The van der Waals surface area contributed by atoms with Crippen LogP contribution >= 0.6 is 0 Å². The summed E-state index contributed by atoms with van der Waals surface area (Å²) in [6, 6.07) is 4.17. The molecule has 0 aliphatic carbocycles. The summed E-state index contributed by atoms with van der Waals surface area (Å²) in [4.78, 5) is 22.5. The average Bonchev–Trinajstić information content (AvgIpc) is 2.37. The van der Waals surface area contributed by atoms with Crippen molar-refractivity contribution in [2.75, 3.05) is 19.4 Å². The van der Waals surface area contributed by atoms with Gasteiger partial charge < -0.3 is 16.4 Å². The molecular formula is C12H18N4O4S. The highest BCUT2D eigenvalue weighted by molar-refractivity contribution is 7.89. The SMILES string of the molecule is C[C@H](NC(N)=O)C(=O)Nc1cccc(S(=O)(=O)N(C)C)c1. The van der Waals surface area contributed by atoms with Gasteiger partial charge in [-0.1, -0.05) is 6.07 Å². The van der Waals surface area contributed by atoms with E-state index in [-0.39, 0.29) is 4.90 Å². The Morgan fingerprint density at radius 3 is 2.43 bits per heavy atom. The summed E-state index contributed by atoms with van der Waals surface area (Å²) in [7, 11) is -0.750. The van der Waals surface area contributed by atoms with Gasteiger partial charge in [-0.05, 0) is 25.1 Å². The van der Waals surface area contributed by atoms with Crippen molar-refractivity contribution < 1.29 is 18.0 Å². The smallest absolute Gasteiger partial charge is 0.312 e. The molecule has 0 fully saturated rings. The van der Waals surface area contributed by atoms with E-state index in [4.69, 9.17) is 5.73 Å². The largest absolute Gasteiger partial charge is 0.352 e. The topological polar surface area (TPSA) is 122 Å². The van der Waals surface area contributed by atoms with Crippen molar-refractivity contribution in [3.63, 3.8) is 0 Å². The van der Waals surface area contributed by atoms with Crippen molar-refractivity contribution in [3.05, 3.63) is 24.3 Å².